The van der Waals surface area contributed by atoms with E-state index in [1.165, 1.54) is 32.7 Å². The molecule has 0 atom stereocenters. The zero-order valence-electron chi connectivity index (χ0n) is 23.6. The summed E-state index contributed by atoms with van der Waals surface area (Å²) in [6.45, 7) is 9.09. The predicted octanol–water partition coefficient (Wildman–Crippen LogP) is 7.07. The van der Waals surface area contributed by atoms with Crippen molar-refractivity contribution in [2.24, 2.45) is 0 Å². The van der Waals surface area contributed by atoms with Gasteiger partial charge in [-0.25, -0.2) is 0 Å². The van der Waals surface area contributed by atoms with Gasteiger partial charge in [0.05, 0.1) is 0 Å². The molecule has 0 aliphatic carbocycles. The van der Waals surface area contributed by atoms with E-state index in [1.54, 1.807) is 9.80 Å². The molecule has 3 aromatic rings. The Morgan fingerprint density at radius 2 is 0.944 bits per heavy atom. The highest BCUT2D eigenvalue weighted by Crippen LogP contribution is 2.35. The third-order valence-electron chi connectivity index (χ3n) is 7.74. The molecule has 0 aliphatic heterocycles. The van der Waals surface area contributed by atoms with Crippen LogP contribution in [0.4, 0.5) is 0 Å². The Bertz CT molecular complexity index is 1140. The van der Waals surface area contributed by atoms with Gasteiger partial charge in [0.15, 0.2) is 0 Å². The summed E-state index contributed by atoms with van der Waals surface area (Å²) in [5.74, 6) is 0.390. The number of carbonyl (C=O) groups is 2. The lowest BCUT2D eigenvalue weighted by atomic mass is 9.78. The number of hydrogen-bond acceptors (Lipinski definition) is 2. The van der Waals surface area contributed by atoms with Gasteiger partial charge >= 0.3 is 0 Å². The molecule has 2 amide bonds. The van der Waals surface area contributed by atoms with E-state index in [0.29, 0.717) is 12.8 Å². The first kappa shape index (κ1) is 27.7. The van der Waals surface area contributed by atoms with Crippen molar-refractivity contribution in [1.29, 1.82) is 0 Å². The average molecular weight is 489 g/mol. The van der Waals surface area contributed by atoms with Gasteiger partial charge in [0.2, 0.25) is 11.8 Å². The Morgan fingerprint density at radius 3 is 1.28 bits per heavy atom. The molecule has 0 aliphatic rings. The van der Waals surface area contributed by atoms with Crippen LogP contribution in [0, 0.1) is 0 Å². The van der Waals surface area contributed by atoms with Gasteiger partial charge < -0.3 is 9.80 Å². The minimum atomic E-state index is 0.0115. The molecular weight excluding hydrogens is 444 g/mol. The maximum absolute atomic E-state index is 12.0. The van der Waals surface area contributed by atoms with E-state index in [2.05, 4.69) is 76.2 Å². The summed E-state index contributed by atoms with van der Waals surface area (Å²) in [7, 11) is 7.28. The van der Waals surface area contributed by atoms with Crippen molar-refractivity contribution in [2.75, 3.05) is 28.2 Å². The van der Waals surface area contributed by atoms with Gasteiger partial charge in [0.1, 0.15) is 0 Å². The summed E-state index contributed by atoms with van der Waals surface area (Å²) >= 11 is 0. The summed E-state index contributed by atoms with van der Waals surface area (Å²) in [4.78, 5) is 27.3. The predicted molar refractivity (Wildman–Crippen MR) is 153 cm³/mol. The first-order valence-corrected chi connectivity index (χ1v) is 13.2. The first-order chi connectivity index (χ1) is 16.8. The van der Waals surface area contributed by atoms with Crippen LogP contribution in [0.5, 0.6) is 0 Å². The molecule has 0 radical (unpaired) electrons. The molecule has 0 heterocycles. The maximum atomic E-state index is 12.0. The van der Waals surface area contributed by atoms with Gasteiger partial charge in [-0.3, -0.25) is 9.59 Å². The lowest BCUT2D eigenvalue weighted by molar-refractivity contribution is -0.129. The van der Waals surface area contributed by atoms with Gasteiger partial charge in [-0.2, -0.15) is 0 Å². The molecule has 3 aromatic carbocycles. The third kappa shape index (κ3) is 6.66. The molecule has 0 bridgehead atoms. The molecule has 0 saturated heterocycles. The second-order valence-electron chi connectivity index (χ2n) is 12.0. The zero-order chi connectivity index (χ0) is 26.7. The van der Waals surface area contributed by atoms with Crippen LogP contribution in [0.2, 0.25) is 0 Å². The lowest BCUT2D eigenvalue weighted by Crippen LogP contribution is -2.23. The molecule has 0 unspecified atom stereocenters. The number of benzene rings is 3. The topological polar surface area (TPSA) is 40.6 Å². The molecule has 0 aromatic heterocycles. The second kappa shape index (κ2) is 11.0. The third-order valence-corrected chi connectivity index (χ3v) is 7.74. The normalized spacial score (nSPS) is 12.2. The van der Waals surface area contributed by atoms with Gasteiger partial charge in [0.25, 0.3) is 0 Å². The van der Waals surface area contributed by atoms with Crippen molar-refractivity contribution in [1.82, 2.24) is 9.80 Å². The SMILES string of the molecule is CN(C)C(=O)CCCC(C)(C)c1ccc2cc3cc(C(C)(C)CCCC(=O)N(C)C)ccc3cc2c1. The van der Waals surface area contributed by atoms with Crippen LogP contribution in [-0.4, -0.2) is 49.8 Å². The molecule has 0 fully saturated rings. The van der Waals surface area contributed by atoms with Crippen LogP contribution in [0.15, 0.2) is 48.5 Å². The highest BCUT2D eigenvalue weighted by atomic mass is 16.2. The molecule has 0 saturated carbocycles. The van der Waals surface area contributed by atoms with Crippen LogP contribution >= 0.6 is 0 Å². The van der Waals surface area contributed by atoms with Gasteiger partial charge in [-0.15, -0.1) is 0 Å². The Kier molecular flexibility index (Phi) is 8.48. The largest absolute Gasteiger partial charge is 0.349 e. The van der Waals surface area contributed by atoms with E-state index < -0.39 is 0 Å². The fraction of sp³-hybridized carbons (Fsp3) is 0.500. The summed E-state index contributed by atoms with van der Waals surface area (Å²) in [6.07, 6.45) is 4.93. The van der Waals surface area contributed by atoms with Crippen LogP contribution in [0.3, 0.4) is 0 Å². The minimum Gasteiger partial charge on any atom is -0.349 e. The molecule has 0 N–H and O–H groups in total. The van der Waals surface area contributed by atoms with Gasteiger partial charge in [-0.1, -0.05) is 64.1 Å². The fourth-order valence-corrected chi connectivity index (χ4v) is 4.94. The Balaban J connectivity index is 1.79. The van der Waals surface area contributed by atoms with E-state index in [4.69, 9.17) is 0 Å². The van der Waals surface area contributed by atoms with Crippen molar-refractivity contribution in [3.05, 3.63) is 59.7 Å². The summed E-state index contributed by atoms with van der Waals surface area (Å²) in [6, 6.07) is 18.2. The van der Waals surface area contributed by atoms with Crippen LogP contribution < -0.4 is 0 Å². The first-order valence-electron chi connectivity index (χ1n) is 13.2. The van der Waals surface area contributed by atoms with Crippen LogP contribution in [0.1, 0.15) is 77.3 Å². The minimum absolute atomic E-state index is 0.0115. The van der Waals surface area contributed by atoms with E-state index >= 15 is 0 Å². The van der Waals surface area contributed by atoms with Crippen molar-refractivity contribution in [2.45, 2.75) is 77.0 Å². The molecule has 0 spiro atoms. The van der Waals surface area contributed by atoms with Crippen LogP contribution in [-0.2, 0) is 20.4 Å². The van der Waals surface area contributed by atoms with Crippen LogP contribution in [0.25, 0.3) is 21.5 Å². The zero-order valence-corrected chi connectivity index (χ0v) is 23.6. The van der Waals surface area contributed by atoms with E-state index in [0.717, 1.165) is 25.7 Å². The Morgan fingerprint density at radius 1 is 0.583 bits per heavy atom. The summed E-state index contributed by atoms with van der Waals surface area (Å²) in [5.41, 5.74) is 2.66. The monoisotopic (exact) mass is 488 g/mol. The van der Waals surface area contributed by atoms with E-state index in [-0.39, 0.29) is 22.6 Å². The standard InChI is InChI=1S/C32H44N2O2/c1-31(2,17-9-11-29(35)33(5)6)27-15-13-23-20-26-22-28(16-14-24(26)19-25(23)21-27)32(3,4)18-10-12-30(36)34(7)8/h13-16,19-22H,9-12,17-18H2,1-8H3. The Labute approximate surface area is 217 Å². The van der Waals surface area contributed by atoms with Crippen molar-refractivity contribution < 1.29 is 9.59 Å². The number of amides is 2. The molecular formula is C32H44N2O2. The number of nitrogens with zero attached hydrogens (tertiary/aromatic N) is 2. The lowest BCUT2D eigenvalue weighted by Gasteiger charge is -2.27. The molecule has 4 heteroatoms. The smallest absolute Gasteiger partial charge is 0.222 e. The highest BCUT2D eigenvalue weighted by Gasteiger charge is 2.23. The van der Waals surface area contributed by atoms with Crippen molar-refractivity contribution in [3.63, 3.8) is 0 Å². The average Bonchev–Trinajstić information content (AvgIpc) is 2.81. The van der Waals surface area contributed by atoms with E-state index in [9.17, 15) is 9.59 Å². The Hall–Kier alpha value is -2.88. The van der Waals surface area contributed by atoms with Gasteiger partial charge in [0, 0.05) is 41.0 Å². The maximum Gasteiger partial charge on any atom is 0.222 e. The molecule has 4 nitrogen and oxygen atoms in total. The van der Waals surface area contributed by atoms with Crippen molar-refractivity contribution >= 4 is 33.4 Å². The number of rotatable bonds is 10. The molecule has 194 valence electrons. The number of fused-ring (bicyclic) bond motifs is 2. The summed E-state index contributed by atoms with van der Waals surface area (Å²) in [5, 5.41) is 5.01. The van der Waals surface area contributed by atoms with Gasteiger partial charge in [-0.05, 0) is 81.3 Å². The molecule has 36 heavy (non-hydrogen) atoms. The van der Waals surface area contributed by atoms with E-state index in [1.807, 2.05) is 28.2 Å². The fourth-order valence-electron chi connectivity index (χ4n) is 4.94. The summed E-state index contributed by atoms with van der Waals surface area (Å²) < 4.78 is 0. The number of carbonyl (C=O) groups excluding carboxylic acids is 2. The number of hydrogen-bond donors (Lipinski definition) is 0. The second-order valence-corrected chi connectivity index (χ2v) is 12.0. The molecule has 3 rings (SSSR count). The quantitative estimate of drug-likeness (QED) is 0.287. The van der Waals surface area contributed by atoms with Crippen molar-refractivity contribution in [3.8, 4) is 0 Å². The highest BCUT2D eigenvalue weighted by molar-refractivity contribution is 5.98.